The molecule has 0 aromatic heterocycles. The van der Waals surface area contributed by atoms with Crippen molar-refractivity contribution in [2.24, 2.45) is 5.73 Å². The van der Waals surface area contributed by atoms with E-state index in [0.717, 1.165) is 12.8 Å². The van der Waals surface area contributed by atoms with E-state index in [1.54, 1.807) is 4.90 Å². The van der Waals surface area contributed by atoms with Gasteiger partial charge in [-0.3, -0.25) is 9.59 Å². The van der Waals surface area contributed by atoms with Gasteiger partial charge in [0.05, 0.1) is 19.1 Å². The molecular formula is C12H22N2O4. The second-order valence-electron chi connectivity index (χ2n) is 4.68. The average molecular weight is 258 g/mol. The Morgan fingerprint density at radius 1 is 1.56 bits per heavy atom. The summed E-state index contributed by atoms with van der Waals surface area (Å²) in [7, 11) is 0. The predicted molar refractivity (Wildman–Crippen MR) is 66.1 cm³/mol. The molecule has 0 aromatic rings. The molecule has 0 saturated carbocycles. The number of carboxylic acid groups (broad SMARTS) is 1. The number of nitrogens with zero attached hydrogens (tertiary/aromatic N) is 1. The molecule has 6 heteroatoms. The second-order valence-corrected chi connectivity index (χ2v) is 4.68. The number of carbonyl (C=O) groups excluding carboxylic acids is 1. The van der Waals surface area contributed by atoms with E-state index >= 15 is 0 Å². The standard InChI is InChI=1S/C12H22N2O4/c1-2-3-9(13)6-11(15)14-4-5-18-10(8-14)7-12(16)17/h9-10H,2-8,13H2,1H3,(H,16,17). The molecular weight excluding hydrogens is 236 g/mol. The van der Waals surface area contributed by atoms with E-state index in [1.807, 2.05) is 6.92 Å². The van der Waals surface area contributed by atoms with Crippen LogP contribution in [0.5, 0.6) is 0 Å². The van der Waals surface area contributed by atoms with Crippen LogP contribution >= 0.6 is 0 Å². The Bertz CT molecular complexity index is 296. The number of morpholine rings is 1. The first-order chi connectivity index (χ1) is 8.52. The summed E-state index contributed by atoms with van der Waals surface area (Å²) in [6, 6.07) is -0.108. The van der Waals surface area contributed by atoms with Crippen molar-refractivity contribution in [1.29, 1.82) is 0 Å². The molecule has 104 valence electrons. The van der Waals surface area contributed by atoms with Gasteiger partial charge in [-0.15, -0.1) is 0 Å². The molecule has 1 aliphatic rings. The molecule has 0 bridgehead atoms. The molecule has 1 amide bonds. The minimum atomic E-state index is -0.906. The third-order valence-electron chi connectivity index (χ3n) is 2.99. The molecule has 18 heavy (non-hydrogen) atoms. The first-order valence-electron chi connectivity index (χ1n) is 6.39. The van der Waals surface area contributed by atoms with E-state index in [2.05, 4.69) is 0 Å². The van der Waals surface area contributed by atoms with Crippen LogP contribution < -0.4 is 5.73 Å². The number of aliphatic carboxylic acids is 1. The van der Waals surface area contributed by atoms with Crippen LogP contribution in [0.25, 0.3) is 0 Å². The topological polar surface area (TPSA) is 92.9 Å². The molecule has 0 spiro atoms. The van der Waals surface area contributed by atoms with Gasteiger partial charge in [-0.1, -0.05) is 13.3 Å². The quantitative estimate of drug-likeness (QED) is 0.710. The molecule has 1 heterocycles. The highest BCUT2D eigenvalue weighted by molar-refractivity contribution is 5.77. The lowest BCUT2D eigenvalue weighted by Crippen LogP contribution is -2.47. The Kier molecular flexibility index (Phi) is 6.07. The highest BCUT2D eigenvalue weighted by Gasteiger charge is 2.26. The van der Waals surface area contributed by atoms with E-state index < -0.39 is 12.1 Å². The van der Waals surface area contributed by atoms with Crippen molar-refractivity contribution in [2.75, 3.05) is 19.7 Å². The van der Waals surface area contributed by atoms with Gasteiger partial charge in [0.1, 0.15) is 0 Å². The lowest BCUT2D eigenvalue weighted by molar-refractivity contribution is -0.147. The van der Waals surface area contributed by atoms with Gasteiger partial charge in [0.25, 0.3) is 0 Å². The number of hydrogen-bond acceptors (Lipinski definition) is 4. The molecule has 1 saturated heterocycles. The average Bonchev–Trinajstić information content (AvgIpc) is 2.28. The van der Waals surface area contributed by atoms with Gasteiger partial charge in [-0.2, -0.15) is 0 Å². The van der Waals surface area contributed by atoms with E-state index in [0.29, 0.717) is 26.1 Å². The fourth-order valence-electron chi connectivity index (χ4n) is 2.09. The Balaban J connectivity index is 2.40. The fourth-order valence-corrected chi connectivity index (χ4v) is 2.09. The van der Waals surface area contributed by atoms with Crippen molar-refractivity contribution in [3.05, 3.63) is 0 Å². The maximum Gasteiger partial charge on any atom is 0.306 e. The number of hydrogen-bond donors (Lipinski definition) is 2. The minimum absolute atomic E-state index is 0.00496. The van der Waals surface area contributed by atoms with Gasteiger partial charge in [0.2, 0.25) is 5.91 Å². The van der Waals surface area contributed by atoms with Crippen molar-refractivity contribution in [3.63, 3.8) is 0 Å². The van der Waals surface area contributed by atoms with Crippen molar-refractivity contribution in [1.82, 2.24) is 4.90 Å². The number of amides is 1. The summed E-state index contributed by atoms with van der Waals surface area (Å²) in [5.41, 5.74) is 5.83. The van der Waals surface area contributed by atoms with Crippen molar-refractivity contribution >= 4 is 11.9 Å². The van der Waals surface area contributed by atoms with Gasteiger partial charge in [0, 0.05) is 25.6 Å². The Morgan fingerprint density at radius 2 is 2.28 bits per heavy atom. The lowest BCUT2D eigenvalue weighted by Gasteiger charge is -2.33. The van der Waals surface area contributed by atoms with E-state index in [1.165, 1.54) is 0 Å². The summed E-state index contributed by atoms with van der Waals surface area (Å²) in [6.45, 7) is 3.30. The Hall–Kier alpha value is -1.14. The van der Waals surface area contributed by atoms with Crippen LogP contribution in [0.15, 0.2) is 0 Å². The van der Waals surface area contributed by atoms with Crippen molar-refractivity contribution in [3.8, 4) is 0 Å². The molecule has 1 fully saturated rings. The van der Waals surface area contributed by atoms with Gasteiger partial charge < -0.3 is 20.5 Å². The normalized spacial score (nSPS) is 21.7. The zero-order valence-electron chi connectivity index (χ0n) is 10.8. The summed E-state index contributed by atoms with van der Waals surface area (Å²) in [4.78, 5) is 24.2. The molecule has 1 aliphatic heterocycles. The zero-order chi connectivity index (χ0) is 13.5. The number of rotatable bonds is 6. The van der Waals surface area contributed by atoms with Crippen LogP contribution in [0.1, 0.15) is 32.6 Å². The first kappa shape index (κ1) is 14.9. The Morgan fingerprint density at radius 3 is 2.89 bits per heavy atom. The molecule has 3 N–H and O–H groups in total. The molecule has 2 atom stereocenters. The summed E-state index contributed by atoms with van der Waals surface area (Å²) in [5.74, 6) is -0.911. The van der Waals surface area contributed by atoms with Crippen molar-refractivity contribution in [2.45, 2.75) is 44.8 Å². The van der Waals surface area contributed by atoms with Crippen LogP contribution in [0, 0.1) is 0 Å². The van der Waals surface area contributed by atoms with E-state index in [-0.39, 0.29) is 18.4 Å². The number of ether oxygens (including phenoxy) is 1. The molecule has 1 rings (SSSR count). The van der Waals surface area contributed by atoms with Crippen LogP contribution in [0.3, 0.4) is 0 Å². The Labute approximate surface area is 107 Å². The summed E-state index contributed by atoms with van der Waals surface area (Å²) >= 11 is 0. The van der Waals surface area contributed by atoms with Crippen LogP contribution in [0.2, 0.25) is 0 Å². The third-order valence-corrected chi connectivity index (χ3v) is 2.99. The highest BCUT2D eigenvalue weighted by Crippen LogP contribution is 2.11. The maximum absolute atomic E-state index is 12.0. The number of nitrogens with two attached hydrogens (primary N) is 1. The van der Waals surface area contributed by atoms with Crippen LogP contribution in [0.4, 0.5) is 0 Å². The van der Waals surface area contributed by atoms with Gasteiger partial charge in [0.15, 0.2) is 0 Å². The molecule has 0 aliphatic carbocycles. The maximum atomic E-state index is 12.0. The summed E-state index contributed by atoms with van der Waals surface area (Å²) < 4.78 is 5.32. The van der Waals surface area contributed by atoms with Gasteiger partial charge in [-0.25, -0.2) is 0 Å². The van der Waals surface area contributed by atoms with Crippen LogP contribution in [-0.4, -0.2) is 53.7 Å². The monoisotopic (exact) mass is 258 g/mol. The smallest absolute Gasteiger partial charge is 0.306 e. The second kappa shape index (κ2) is 7.33. The van der Waals surface area contributed by atoms with Crippen LogP contribution in [-0.2, 0) is 14.3 Å². The lowest BCUT2D eigenvalue weighted by atomic mass is 10.1. The largest absolute Gasteiger partial charge is 0.481 e. The van der Waals surface area contributed by atoms with Gasteiger partial charge in [-0.05, 0) is 6.42 Å². The molecule has 6 nitrogen and oxygen atoms in total. The zero-order valence-corrected chi connectivity index (χ0v) is 10.8. The SMILES string of the molecule is CCCC(N)CC(=O)N1CCOC(CC(=O)O)C1. The summed E-state index contributed by atoms with van der Waals surface area (Å²) in [6.07, 6.45) is 1.65. The molecule has 2 unspecified atom stereocenters. The number of carbonyl (C=O) groups is 2. The van der Waals surface area contributed by atoms with Gasteiger partial charge >= 0.3 is 5.97 Å². The molecule has 0 aromatic carbocycles. The minimum Gasteiger partial charge on any atom is -0.481 e. The van der Waals surface area contributed by atoms with E-state index in [9.17, 15) is 9.59 Å². The van der Waals surface area contributed by atoms with E-state index in [4.69, 9.17) is 15.6 Å². The highest BCUT2D eigenvalue weighted by atomic mass is 16.5. The molecule has 0 radical (unpaired) electrons. The predicted octanol–water partition coefficient (Wildman–Crippen LogP) is 0.206. The van der Waals surface area contributed by atoms with Crippen molar-refractivity contribution < 1.29 is 19.4 Å². The summed E-state index contributed by atoms with van der Waals surface area (Å²) in [5, 5.41) is 8.70. The fraction of sp³-hybridized carbons (Fsp3) is 0.833. The number of carboxylic acids is 1. The third kappa shape index (κ3) is 5.01. The first-order valence-corrected chi connectivity index (χ1v) is 6.39.